The van der Waals surface area contributed by atoms with Gasteiger partial charge in [0.1, 0.15) is 0 Å². The first-order chi connectivity index (χ1) is 9.79. The molecule has 0 spiro atoms. The van der Waals surface area contributed by atoms with E-state index in [1.807, 2.05) is 13.8 Å². The molecule has 2 aliphatic rings. The van der Waals surface area contributed by atoms with Crippen LogP contribution >= 0.6 is 0 Å². The minimum atomic E-state index is -0.463. The molecule has 3 rings (SSSR count). The number of rotatable bonds is 1. The highest BCUT2D eigenvalue weighted by atomic mass is 16.8. The average molecular weight is 289 g/mol. The fourth-order valence-electron chi connectivity index (χ4n) is 3.84. The highest BCUT2D eigenvalue weighted by Gasteiger charge is 2.47. The number of hydrogen-bond donors (Lipinski definition) is 0. The molecular formula is C18H27NO2. The molecule has 1 aliphatic heterocycles. The second-order valence-electron chi connectivity index (χ2n) is 7.47. The third-order valence-electron chi connectivity index (χ3n) is 5.12. The quantitative estimate of drug-likeness (QED) is 0.733. The van der Waals surface area contributed by atoms with Crippen LogP contribution in [0.4, 0.5) is 0 Å². The summed E-state index contributed by atoms with van der Waals surface area (Å²) in [6.45, 7) is 11.3. The lowest BCUT2D eigenvalue weighted by Gasteiger charge is -2.33. The standard InChI is InChI=1S/C18H27NO2/c1-12-6-8-14(18(5)11-20-17(3,4)21-18)10-16-15(12)9-7-13(2)19-16/h7,9,12,14H,6,8,10-11H2,1-5H3/t12-,14+,18+/m0/s1. The fourth-order valence-corrected chi connectivity index (χ4v) is 3.84. The van der Waals surface area contributed by atoms with Gasteiger partial charge >= 0.3 is 0 Å². The van der Waals surface area contributed by atoms with Crippen molar-refractivity contribution in [1.29, 1.82) is 0 Å². The van der Waals surface area contributed by atoms with E-state index >= 15 is 0 Å². The lowest BCUT2D eigenvalue weighted by Crippen LogP contribution is -2.40. The van der Waals surface area contributed by atoms with E-state index in [4.69, 9.17) is 14.5 Å². The highest BCUT2D eigenvalue weighted by Crippen LogP contribution is 2.43. The molecule has 0 bridgehead atoms. The number of nitrogens with zero attached hydrogens (tertiary/aromatic N) is 1. The zero-order valence-electron chi connectivity index (χ0n) is 13.9. The number of fused-ring (bicyclic) bond motifs is 1. The van der Waals surface area contributed by atoms with Crippen LogP contribution in [0, 0.1) is 12.8 Å². The van der Waals surface area contributed by atoms with Gasteiger partial charge in [0.05, 0.1) is 12.2 Å². The van der Waals surface area contributed by atoms with Crippen molar-refractivity contribution in [3.8, 4) is 0 Å². The normalized spacial score (nSPS) is 35.3. The molecule has 2 heterocycles. The molecular weight excluding hydrogens is 262 g/mol. The fraction of sp³-hybridized carbons (Fsp3) is 0.722. The number of hydrogen-bond acceptors (Lipinski definition) is 3. The molecule has 0 aromatic carbocycles. The number of pyridine rings is 1. The molecule has 1 saturated heterocycles. The Morgan fingerprint density at radius 3 is 2.62 bits per heavy atom. The predicted molar refractivity (Wildman–Crippen MR) is 83.3 cm³/mol. The van der Waals surface area contributed by atoms with Crippen LogP contribution in [0.25, 0.3) is 0 Å². The Morgan fingerprint density at radius 2 is 1.95 bits per heavy atom. The lowest BCUT2D eigenvalue weighted by atomic mass is 9.83. The number of ether oxygens (including phenoxy) is 2. The van der Waals surface area contributed by atoms with Crippen molar-refractivity contribution >= 4 is 0 Å². The van der Waals surface area contributed by atoms with Crippen LogP contribution in [0.3, 0.4) is 0 Å². The third-order valence-corrected chi connectivity index (χ3v) is 5.12. The van der Waals surface area contributed by atoms with Crippen LogP contribution in [0.15, 0.2) is 12.1 Å². The summed E-state index contributed by atoms with van der Waals surface area (Å²) in [6, 6.07) is 4.40. The SMILES string of the molecule is Cc1ccc2c(n1)C[C@H]([C@@]1(C)COC(C)(C)O1)CC[C@@H]2C. The number of aryl methyl sites for hydroxylation is 1. The molecule has 3 nitrogen and oxygen atoms in total. The van der Waals surface area contributed by atoms with E-state index in [1.54, 1.807) is 0 Å². The van der Waals surface area contributed by atoms with Crippen molar-refractivity contribution in [2.45, 2.75) is 71.2 Å². The van der Waals surface area contributed by atoms with Gasteiger partial charge in [-0.25, -0.2) is 0 Å². The van der Waals surface area contributed by atoms with Crippen molar-refractivity contribution in [3.05, 3.63) is 29.1 Å². The molecule has 0 amide bonds. The van der Waals surface area contributed by atoms with E-state index in [-0.39, 0.29) is 5.60 Å². The molecule has 0 unspecified atom stereocenters. The Kier molecular flexibility index (Phi) is 3.61. The summed E-state index contributed by atoms with van der Waals surface area (Å²) in [5, 5.41) is 0. The van der Waals surface area contributed by atoms with E-state index in [0.29, 0.717) is 18.4 Å². The zero-order chi connectivity index (χ0) is 15.3. The lowest BCUT2D eigenvalue weighted by molar-refractivity contribution is -0.169. The maximum Gasteiger partial charge on any atom is 0.163 e. The average Bonchev–Trinajstić information content (AvgIpc) is 2.59. The van der Waals surface area contributed by atoms with Crippen molar-refractivity contribution < 1.29 is 9.47 Å². The summed E-state index contributed by atoms with van der Waals surface area (Å²) >= 11 is 0. The Morgan fingerprint density at radius 1 is 1.19 bits per heavy atom. The second kappa shape index (κ2) is 5.06. The van der Waals surface area contributed by atoms with Crippen molar-refractivity contribution in [2.75, 3.05) is 6.61 Å². The molecule has 3 atom stereocenters. The van der Waals surface area contributed by atoms with Gasteiger partial charge in [-0.3, -0.25) is 4.98 Å². The molecule has 21 heavy (non-hydrogen) atoms. The molecule has 0 N–H and O–H groups in total. The topological polar surface area (TPSA) is 31.4 Å². The van der Waals surface area contributed by atoms with Crippen molar-refractivity contribution in [3.63, 3.8) is 0 Å². The van der Waals surface area contributed by atoms with Crippen LogP contribution in [-0.2, 0) is 15.9 Å². The van der Waals surface area contributed by atoms with Gasteiger partial charge in [-0.05, 0) is 70.4 Å². The second-order valence-corrected chi connectivity index (χ2v) is 7.47. The molecule has 1 fully saturated rings. The summed E-state index contributed by atoms with van der Waals surface area (Å²) in [6.07, 6.45) is 3.37. The summed E-state index contributed by atoms with van der Waals surface area (Å²) < 4.78 is 12.1. The monoisotopic (exact) mass is 289 g/mol. The molecule has 1 aromatic rings. The summed E-state index contributed by atoms with van der Waals surface area (Å²) in [5.74, 6) is 0.588. The minimum Gasteiger partial charge on any atom is -0.347 e. The first-order valence-electron chi connectivity index (χ1n) is 8.10. The van der Waals surface area contributed by atoms with Crippen molar-refractivity contribution in [2.24, 2.45) is 5.92 Å². The van der Waals surface area contributed by atoms with Crippen LogP contribution in [0.5, 0.6) is 0 Å². The summed E-state index contributed by atoms with van der Waals surface area (Å²) in [7, 11) is 0. The van der Waals surface area contributed by atoms with E-state index < -0.39 is 5.79 Å². The van der Waals surface area contributed by atoms with E-state index in [0.717, 1.165) is 12.1 Å². The van der Waals surface area contributed by atoms with Gasteiger partial charge in [-0.15, -0.1) is 0 Å². The van der Waals surface area contributed by atoms with Gasteiger partial charge in [-0.2, -0.15) is 0 Å². The first kappa shape index (κ1) is 15.0. The van der Waals surface area contributed by atoms with Gasteiger partial charge in [-0.1, -0.05) is 13.0 Å². The van der Waals surface area contributed by atoms with E-state index in [1.165, 1.54) is 24.1 Å². The van der Waals surface area contributed by atoms with Crippen molar-refractivity contribution in [1.82, 2.24) is 4.98 Å². The van der Waals surface area contributed by atoms with E-state index in [2.05, 4.69) is 32.9 Å². The van der Waals surface area contributed by atoms with Gasteiger partial charge < -0.3 is 9.47 Å². The van der Waals surface area contributed by atoms with Gasteiger partial charge in [0.25, 0.3) is 0 Å². The predicted octanol–water partition coefficient (Wildman–Crippen LogP) is 3.99. The Hall–Kier alpha value is -0.930. The van der Waals surface area contributed by atoms with Crippen LogP contribution in [-0.4, -0.2) is 23.0 Å². The van der Waals surface area contributed by atoms with Gasteiger partial charge in [0, 0.05) is 11.4 Å². The number of aromatic nitrogens is 1. The zero-order valence-corrected chi connectivity index (χ0v) is 13.9. The third kappa shape index (κ3) is 2.86. The first-order valence-corrected chi connectivity index (χ1v) is 8.10. The molecule has 1 aromatic heterocycles. The summed E-state index contributed by atoms with van der Waals surface area (Å²) in [5.41, 5.74) is 3.59. The molecule has 1 aliphatic carbocycles. The Labute approximate surface area is 128 Å². The molecule has 3 heteroatoms. The largest absolute Gasteiger partial charge is 0.347 e. The molecule has 0 saturated carbocycles. The van der Waals surface area contributed by atoms with Crippen LogP contribution in [0.1, 0.15) is 63.4 Å². The smallest absolute Gasteiger partial charge is 0.163 e. The molecule has 116 valence electrons. The summed E-state index contributed by atoms with van der Waals surface area (Å²) in [4.78, 5) is 4.82. The van der Waals surface area contributed by atoms with Gasteiger partial charge in [0.2, 0.25) is 0 Å². The maximum atomic E-state index is 6.26. The highest BCUT2D eigenvalue weighted by molar-refractivity contribution is 5.28. The Balaban J connectivity index is 1.90. The Bertz CT molecular complexity index is 540. The van der Waals surface area contributed by atoms with Gasteiger partial charge in [0.15, 0.2) is 5.79 Å². The van der Waals surface area contributed by atoms with E-state index in [9.17, 15) is 0 Å². The molecule has 0 radical (unpaired) electrons. The maximum absolute atomic E-state index is 6.26. The van der Waals surface area contributed by atoms with Crippen LogP contribution in [0.2, 0.25) is 0 Å². The van der Waals surface area contributed by atoms with Crippen LogP contribution < -0.4 is 0 Å². The minimum absolute atomic E-state index is 0.198.